The first-order chi connectivity index (χ1) is 23.3. The number of halogens is 1. The van der Waals surface area contributed by atoms with Gasteiger partial charge < -0.3 is 29.8 Å². The molecular formula is C37H30BrN3O6S. The molecule has 1 aromatic heterocycles. The monoisotopic (exact) mass is 723 g/mol. The Morgan fingerprint density at radius 2 is 1.50 bits per heavy atom. The summed E-state index contributed by atoms with van der Waals surface area (Å²) in [6, 6.07) is 32.2. The van der Waals surface area contributed by atoms with Crippen LogP contribution in [0.2, 0.25) is 0 Å². The number of hydrogen-bond acceptors (Lipinski definition) is 7. The zero-order valence-electron chi connectivity index (χ0n) is 25.7. The van der Waals surface area contributed by atoms with Crippen LogP contribution in [0.3, 0.4) is 0 Å². The van der Waals surface area contributed by atoms with E-state index in [1.54, 1.807) is 66.7 Å². The number of ether oxygens (including phenoxy) is 2. The number of anilines is 2. The molecule has 0 bridgehead atoms. The SMILES string of the molecule is C[C@H](Sc1ccc(NC(=O)/C(=C/c2ccc(-c3ccc(Br)cc3)o2)NC(=O)c2ccccc2)cc1)C(=O)Nc1ccc2c(c1)OCCO2. The summed E-state index contributed by atoms with van der Waals surface area (Å²) in [4.78, 5) is 40.3. The first-order valence-corrected chi connectivity index (χ1v) is 16.7. The van der Waals surface area contributed by atoms with E-state index >= 15 is 0 Å². The zero-order chi connectivity index (χ0) is 33.5. The standard InChI is InChI=1S/C37H30BrN3O6S/c1-23(35(42)40-28-13-17-33-34(21-28)46-20-19-45-33)48-30-15-11-27(12-16-30)39-37(44)31(41-36(43)25-5-3-2-4-6-25)22-29-14-18-32(47-29)24-7-9-26(38)10-8-24/h2-18,21-23H,19-20H2,1H3,(H,39,44)(H,40,42)(H,41,43)/b31-22-/t23-/m0/s1. The molecule has 4 aromatic carbocycles. The van der Waals surface area contributed by atoms with Crippen LogP contribution in [-0.2, 0) is 9.59 Å². The summed E-state index contributed by atoms with van der Waals surface area (Å²) in [5, 5.41) is 8.08. The van der Waals surface area contributed by atoms with Crippen LogP contribution in [0.5, 0.6) is 11.5 Å². The largest absolute Gasteiger partial charge is 0.486 e. The molecule has 1 aliphatic rings. The molecule has 242 valence electrons. The molecule has 5 aromatic rings. The summed E-state index contributed by atoms with van der Waals surface area (Å²) in [6.07, 6.45) is 1.49. The van der Waals surface area contributed by atoms with Gasteiger partial charge in [0, 0.05) is 44.0 Å². The molecule has 0 radical (unpaired) electrons. The Morgan fingerprint density at radius 1 is 0.792 bits per heavy atom. The van der Waals surface area contributed by atoms with Gasteiger partial charge >= 0.3 is 0 Å². The van der Waals surface area contributed by atoms with E-state index in [-0.39, 0.29) is 11.6 Å². The zero-order valence-corrected chi connectivity index (χ0v) is 28.1. The third-order valence-electron chi connectivity index (χ3n) is 7.17. The van der Waals surface area contributed by atoms with Gasteiger partial charge in [-0.1, -0.05) is 46.3 Å². The lowest BCUT2D eigenvalue weighted by Crippen LogP contribution is -2.30. The maximum Gasteiger partial charge on any atom is 0.272 e. The Labute approximate surface area is 289 Å². The quantitative estimate of drug-likeness (QED) is 0.0987. The summed E-state index contributed by atoms with van der Waals surface area (Å²) in [6.45, 7) is 2.78. The lowest BCUT2D eigenvalue weighted by molar-refractivity contribution is -0.115. The van der Waals surface area contributed by atoms with Crippen molar-refractivity contribution in [3.63, 3.8) is 0 Å². The van der Waals surface area contributed by atoms with E-state index in [1.165, 1.54) is 17.8 Å². The van der Waals surface area contributed by atoms with Crippen molar-refractivity contribution < 1.29 is 28.3 Å². The number of amides is 3. The van der Waals surface area contributed by atoms with Gasteiger partial charge in [0.05, 0.1) is 5.25 Å². The summed E-state index contributed by atoms with van der Waals surface area (Å²) >= 11 is 4.81. The van der Waals surface area contributed by atoms with Gasteiger partial charge in [-0.25, -0.2) is 0 Å². The Balaban J connectivity index is 1.12. The van der Waals surface area contributed by atoms with E-state index in [0.29, 0.717) is 53.2 Å². The molecule has 11 heteroatoms. The van der Waals surface area contributed by atoms with Gasteiger partial charge in [0.15, 0.2) is 11.5 Å². The van der Waals surface area contributed by atoms with Gasteiger partial charge in [-0.3, -0.25) is 14.4 Å². The van der Waals surface area contributed by atoms with Crippen LogP contribution in [0.25, 0.3) is 17.4 Å². The molecule has 1 aliphatic heterocycles. The third kappa shape index (κ3) is 8.36. The summed E-state index contributed by atoms with van der Waals surface area (Å²) in [5.41, 5.74) is 2.40. The van der Waals surface area contributed by atoms with Gasteiger partial charge in [-0.15, -0.1) is 11.8 Å². The Bertz CT molecular complexity index is 1960. The van der Waals surface area contributed by atoms with Crippen molar-refractivity contribution >= 4 is 62.9 Å². The highest BCUT2D eigenvalue weighted by molar-refractivity contribution is 9.10. The van der Waals surface area contributed by atoms with Gasteiger partial charge in [0.1, 0.15) is 30.4 Å². The molecule has 9 nitrogen and oxygen atoms in total. The fraction of sp³-hybridized carbons (Fsp3) is 0.108. The predicted molar refractivity (Wildman–Crippen MR) is 190 cm³/mol. The highest BCUT2D eigenvalue weighted by Crippen LogP contribution is 2.33. The van der Waals surface area contributed by atoms with Crippen molar-refractivity contribution in [2.24, 2.45) is 0 Å². The number of thioether (sulfide) groups is 1. The maximum absolute atomic E-state index is 13.5. The molecule has 0 spiro atoms. The average Bonchev–Trinajstić information content (AvgIpc) is 3.58. The van der Waals surface area contributed by atoms with E-state index in [9.17, 15) is 14.4 Å². The van der Waals surface area contributed by atoms with Gasteiger partial charge in [0.25, 0.3) is 11.8 Å². The average molecular weight is 725 g/mol. The molecule has 3 amide bonds. The topological polar surface area (TPSA) is 119 Å². The molecular weight excluding hydrogens is 694 g/mol. The second kappa shape index (κ2) is 15.1. The number of fused-ring (bicyclic) bond motifs is 1. The highest BCUT2D eigenvalue weighted by atomic mass is 79.9. The molecule has 0 saturated heterocycles. The normalized spacial score (nSPS) is 12.9. The van der Waals surface area contributed by atoms with Crippen molar-refractivity contribution in [2.75, 3.05) is 23.8 Å². The van der Waals surface area contributed by atoms with Crippen molar-refractivity contribution in [3.05, 3.63) is 131 Å². The van der Waals surface area contributed by atoms with Gasteiger partial charge in [-0.05, 0) is 79.7 Å². The van der Waals surface area contributed by atoms with Crippen LogP contribution >= 0.6 is 27.7 Å². The van der Waals surface area contributed by atoms with Crippen LogP contribution in [0.4, 0.5) is 11.4 Å². The fourth-order valence-corrected chi connectivity index (χ4v) is 5.85. The number of benzene rings is 4. The maximum atomic E-state index is 13.5. The van der Waals surface area contributed by atoms with Crippen molar-refractivity contribution in [3.8, 4) is 22.8 Å². The predicted octanol–water partition coefficient (Wildman–Crippen LogP) is 8.01. The number of furan rings is 1. The van der Waals surface area contributed by atoms with E-state index in [0.717, 1.165) is 14.9 Å². The molecule has 1 atom stereocenters. The molecule has 6 rings (SSSR count). The minimum atomic E-state index is -0.534. The highest BCUT2D eigenvalue weighted by Gasteiger charge is 2.19. The molecule has 0 unspecified atom stereocenters. The Hall–Kier alpha value is -5.26. The molecule has 2 heterocycles. The number of hydrogen-bond donors (Lipinski definition) is 3. The second-order valence-electron chi connectivity index (χ2n) is 10.7. The van der Waals surface area contributed by atoms with Crippen LogP contribution in [0, 0.1) is 0 Å². The van der Waals surface area contributed by atoms with Crippen molar-refractivity contribution in [1.82, 2.24) is 5.32 Å². The second-order valence-corrected chi connectivity index (χ2v) is 13.0. The smallest absolute Gasteiger partial charge is 0.272 e. The lowest BCUT2D eigenvalue weighted by Gasteiger charge is -2.19. The van der Waals surface area contributed by atoms with Gasteiger partial charge in [-0.2, -0.15) is 0 Å². The van der Waals surface area contributed by atoms with Gasteiger partial charge in [0.2, 0.25) is 5.91 Å². The minimum absolute atomic E-state index is 0.00319. The molecule has 0 fully saturated rings. The minimum Gasteiger partial charge on any atom is -0.486 e. The first-order valence-electron chi connectivity index (χ1n) is 15.0. The summed E-state index contributed by atoms with van der Waals surface area (Å²) in [7, 11) is 0. The molecule has 48 heavy (non-hydrogen) atoms. The van der Waals surface area contributed by atoms with E-state index in [4.69, 9.17) is 13.9 Å². The van der Waals surface area contributed by atoms with E-state index in [1.807, 2.05) is 49.4 Å². The summed E-state index contributed by atoms with van der Waals surface area (Å²) in [5.74, 6) is 1.12. The molecule has 0 aliphatic carbocycles. The number of carbonyl (C=O) groups is 3. The number of nitrogens with one attached hydrogen (secondary N) is 3. The van der Waals surface area contributed by atoms with Crippen LogP contribution < -0.4 is 25.4 Å². The summed E-state index contributed by atoms with van der Waals surface area (Å²) < 4.78 is 18.1. The van der Waals surface area contributed by atoms with E-state index < -0.39 is 17.1 Å². The Kier molecular flexibility index (Phi) is 10.3. The molecule has 3 N–H and O–H groups in total. The van der Waals surface area contributed by atoms with Crippen LogP contribution in [0.15, 0.2) is 129 Å². The fourth-order valence-electron chi connectivity index (χ4n) is 4.72. The number of rotatable bonds is 10. The van der Waals surface area contributed by atoms with Crippen LogP contribution in [-0.4, -0.2) is 36.2 Å². The van der Waals surface area contributed by atoms with Crippen LogP contribution in [0.1, 0.15) is 23.0 Å². The van der Waals surface area contributed by atoms with Crippen molar-refractivity contribution in [1.29, 1.82) is 0 Å². The van der Waals surface area contributed by atoms with E-state index in [2.05, 4.69) is 31.9 Å². The van der Waals surface area contributed by atoms with Crippen molar-refractivity contribution in [2.45, 2.75) is 17.1 Å². The Morgan fingerprint density at radius 3 is 2.25 bits per heavy atom. The first kappa shape index (κ1) is 32.7. The lowest BCUT2D eigenvalue weighted by atomic mass is 10.2. The third-order valence-corrected chi connectivity index (χ3v) is 8.82. The number of carbonyl (C=O) groups excluding carboxylic acids is 3. The molecule has 0 saturated carbocycles.